The molecule has 86 valence electrons. The van der Waals surface area contributed by atoms with Crippen LogP contribution in [0.2, 0.25) is 0 Å². The van der Waals surface area contributed by atoms with E-state index in [-0.39, 0.29) is 5.97 Å². The minimum atomic E-state index is -0.379. The lowest BCUT2D eigenvalue weighted by atomic mass is 10.2. The van der Waals surface area contributed by atoms with Crippen LogP contribution in [0.1, 0.15) is 37.4 Å². The fourth-order valence-corrected chi connectivity index (χ4v) is 1.94. The van der Waals surface area contributed by atoms with Crippen molar-refractivity contribution in [1.82, 2.24) is 15.0 Å². The topological polar surface area (TPSA) is 57.0 Å². The predicted molar refractivity (Wildman–Crippen MR) is 58.6 cm³/mol. The molecule has 1 aliphatic rings. The smallest absolute Gasteiger partial charge is 0.330 e. The minimum Gasteiger partial charge on any atom is -0.466 e. The fraction of sp³-hybridized carbons (Fsp3) is 0.545. The van der Waals surface area contributed by atoms with E-state index in [2.05, 4.69) is 15.0 Å². The van der Waals surface area contributed by atoms with E-state index in [1.807, 2.05) is 10.9 Å². The number of hydrogen-bond acceptors (Lipinski definition) is 4. The number of hydrogen-bond donors (Lipinski definition) is 0. The van der Waals surface area contributed by atoms with Crippen molar-refractivity contribution < 1.29 is 9.53 Å². The van der Waals surface area contributed by atoms with E-state index >= 15 is 0 Å². The van der Waals surface area contributed by atoms with Crippen LogP contribution in [-0.2, 0) is 9.53 Å². The second-order valence-electron chi connectivity index (χ2n) is 3.92. The van der Waals surface area contributed by atoms with Crippen molar-refractivity contribution in [3.63, 3.8) is 0 Å². The molecule has 5 heteroatoms. The zero-order chi connectivity index (χ0) is 11.4. The number of methoxy groups -OCH3 is 1. The quantitative estimate of drug-likeness (QED) is 0.574. The summed E-state index contributed by atoms with van der Waals surface area (Å²) >= 11 is 0. The fourth-order valence-electron chi connectivity index (χ4n) is 1.94. The van der Waals surface area contributed by atoms with E-state index in [0.29, 0.717) is 11.7 Å². The van der Waals surface area contributed by atoms with Crippen LogP contribution in [0, 0.1) is 0 Å². The third-order valence-corrected chi connectivity index (χ3v) is 2.82. The predicted octanol–water partition coefficient (Wildman–Crippen LogP) is 1.58. The Hall–Kier alpha value is -1.65. The van der Waals surface area contributed by atoms with Crippen molar-refractivity contribution in [3.05, 3.63) is 18.0 Å². The van der Waals surface area contributed by atoms with Crippen molar-refractivity contribution in [3.8, 4) is 0 Å². The van der Waals surface area contributed by atoms with Gasteiger partial charge in [0, 0.05) is 6.08 Å². The molecule has 1 saturated carbocycles. The highest BCUT2D eigenvalue weighted by molar-refractivity contribution is 5.86. The lowest BCUT2D eigenvalue weighted by molar-refractivity contribution is -0.134. The number of esters is 1. The SMILES string of the molecule is COC(=O)/C=C/c1cn(C2CCCC2)nn1. The Labute approximate surface area is 94.1 Å². The molecule has 1 aromatic heterocycles. The zero-order valence-corrected chi connectivity index (χ0v) is 9.30. The maximum absolute atomic E-state index is 10.9. The Morgan fingerprint density at radius 2 is 2.31 bits per heavy atom. The third kappa shape index (κ3) is 2.48. The van der Waals surface area contributed by atoms with Crippen LogP contribution in [-0.4, -0.2) is 28.1 Å². The van der Waals surface area contributed by atoms with Gasteiger partial charge in [-0.1, -0.05) is 18.1 Å². The van der Waals surface area contributed by atoms with Gasteiger partial charge in [-0.25, -0.2) is 9.48 Å². The van der Waals surface area contributed by atoms with Crippen molar-refractivity contribution in [2.75, 3.05) is 7.11 Å². The van der Waals surface area contributed by atoms with Gasteiger partial charge in [0.15, 0.2) is 0 Å². The maximum atomic E-state index is 10.9. The van der Waals surface area contributed by atoms with Crippen molar-refractivity contribution in [2.24, 2.45) is 0 Å². The second-order valence-corrected chi connectivity index (χ2v) is 3.92. The number of carbonyl (C=O) groups is 1. The molecule has 0 saturated heterocycles. The van der Waals surface area contributed by atoms with Crippen LogP contribution in [0.3, 0.4) is 0 Å². The largest absolute Gasteiger partial charge is 0.466 e. The Kier molecular flexibility index (Phi) is 3.34. The van der Waals surface area contributed by atoms with E-state index in [1.165, 1.54) is 38.9 Å². The molecule has 0 radical (unpaired) electrons. The van der Waals surface area contributed by atoms with Gasteiger partial charge in [0.25, 0.3) is 0 Å². The first-order valence-electron chi connectivity index (χ1n) is 5.47. The Morgan fingerprint density at radius 1 is 1.56 bits per heavy atom. The first kappa shape index (κ1) is 10.9. The molecular weight excluding hydrogens is 206 g/mol. The summed E-state index contributed by atoms with van der Waals surface area (Å²) in [4.78, 5) is 10.9. The summed E-state index contributed by atoms with van der Waals surface area (Å²) in [5.74, 6) is -0.379. The van der Waals surface area contributed by atoms with Gasteiger partial charge < -0.3 is 4.74 Å². The minimum absolute atomic E-state index is 0.379. The molecule has 0 N–H and O–H groups in total. The Balaban J connectivity index is 2.01. The summed E-state index contributed by atoms with van der Waals surface area (Å²) < 4.78 is 6.39. The average molecular weight is 221 g/mol. The zero-order valence-electron chi connectivity index (χ0n) is 9.30. The highest BCUT2D eigenvalue weighted by atomic mass is 16.5. The van der Waals surface area contributed by atoms with Crippen LogP contribution < -0.4 is 0 Å². The van der Waals surface area contributed by atoms with Crippen LogP contribution in [0.5, 0.6) is 0 Å². The summed E-state index contributed by atoms with van der Waals surface area (Å²) in [6, 6.07) is 0.479. The van der Waals surface area contributed by atoms with Gasteiger partial charge in [-0.05, 0) is 18.9 Å². The van der Waals surface area contributed by atoms with E-state index in [0.717, 1.165) is 0 Å². The van der Waals surface area contributed by atoms with E-state index in [1.54, 1.807) is 6.08 Å². The summed E-state index contributed by atoms with van der Waals surface area (Å²) in [5.41, 5.74) is 0.692. The molecule has 0 spiro atoms. The monoisotopic (exact) mass is 221 g/mol. The molecule has 2 rings (SSSR count). The number of rotatable bonds is 3. The molecule has 1 aromatic rings. The molecule has 0 unspecified atom stereocenters. The Morgan fingerprint density at radius 3 is 3.00 bits per heavy atom. The molecule has 0 bridgehead atoms. The molecule has 1 heterocycles. The van der Waals surface area contributed by atoms with Gasteiger partial charge in [0.2, 0.25) is 0 Å². The second kappa shape index (κ2) is 4.92. The summed E-state index contributed by atoms with van der Waals surface area (Å²) in [6.45, 7) is 0. The van der Waals surface area contributed by atoms with Crippen LogP contribution in [0.15, 0.2) is 12.3 Å². The molecule has 0 amide bonds. The highest BCUT2D eigenvalue weighted by Crippen LogP contribution is 2.28. The van der Waals surface area contributed by atoms with E-state index < -0.39 is 0 Å². The standard InChI is InChI=1S/C11H15N3O2/c1-16-11(15)7-6-9-8-14(13-12-9)10-4-2-3-5-10/h6-8,10H,2-5H2,1H3/b7-6+. The van der Waals surface area contributed by atoms with E-state index in [9.17, 15) is 4.79 Å². The van der Waals surface area contributed by atoms with Gasteiger partial charge in [0.05, 0.1) is 19.3 Å². The molecule has 1 fully saturated rings. The van der Waals surface area contributed by atoms with Crippen LogP contribution in [0.25, 0.3) is 6.08 Å². The number of ether oxygens (including phenoxy) is 1. The third-order valence-electron chi connectivity index (χ3n) is 2.82. The van der Waals surface area contributed by atoms with Gasteiger partial charge in [0.1, 0.15) is 5.69 Å². The maximum Gasteiger partial charge on any atom is 0.330 e. The molecule has 0 aliphatic heterocycles. The lowest BCUT2D eigenvalue weighted by Crippen LogP contribution is -2.04. The molecule has 5 nitrogen and oxygen atoms in total. The summed E-state index contributed by atoms with van der Waals surface area (Å²) in [5, 5.41) is 8.05. The first-order chi connectivity index (χ1) is 7.79. The van der Waals surface area contributed by atoms with Gasteiger partial charge in [-0.2, -0.15) is 0 Å². The van der Waals surface area contributed by atoms with Crippen molar-refractivity contribution in [1.29, 1.82) is 0 Å². The molecule has 16 heavy (non-hydrogen) atoms. The van der Waals surface area contributed by atoms with Gasteiger partial charge in [-0.3, -0.25) is 0 Å². The van der Waals surface area contributed by atoms with Crippen molar-refractivity contribution >= 4 is 12.0 Å². The molecule has 0 atom stereocenters. The average Bonchev–Trinajstić information content (AvgIpc) is 2.95. The first-order valence-corrected chi connectivity index (χ1v) is 5.47. The lowest BCUT2D eigenvalue weighted by Gasteiger charge is -2.06. The number of carbonyl (C=O) groups excluding carboxylic acids is 1. The Bertz CT molecular complexity index is 392. The number of nitrogens with zero attached hydrogens (tertiary/aromatic N) is 3. The van der Waals surface area contributed by atoms with Crippen LogP contribution >= 0.6 is 0 Å². The molecule has 1 aliphatic carbocycles. The van der Waals surface area contributed by atoms with E-state index in [4.69, 9.17) is 0 Å². The summed E-state index contributed by atoms with van der Waals surface area (Å²) in [7, 11) is 1.35. The number of aromatic nitrogens is 3. The van der Waals surface area contributed by atoms with Gasteiger partial charge in [-0.15, -0.1) is 5.10 Å². The van der Waals surface area contributed by atoms with Crippen LogP contribution in [0.4, 0.5) is 0 Å². The molecule has 0 aromatic carbocycles. The molecular formula is C11H15N3O2. The highest BCUT2D eigenvalue weighted by Gasteiger charge is 2.17. The van der Waals surface area contributed by atoms with Gasteiger partial charge >= 0.3 is 5.97 Å². The summed E-state index contributed by atoms with van der Waals surface area (Å²) in [6.07, 6.45) is 9.70. The normalized spacial score (nSPS) is 17.1. The van der Waals surface area contributed by atoms with Crippen molar-refractivity contribution in [2.45, 2.75) is 31.7 Å².